The summed E-state index contributed by atoms with van der Waals surface area (Å²) in [7, 11) is 1.61. The Kier molecular flexibility index (Phi) is 6.44. The van der Waals surface area contributed by atoms with E-state index in [4.69, 9.17) is 9.47 Å². The Labute approximate surface area is 150 Å². The van der Waals surface area contributed by atoms with Gasteiger partial charge in [0.15, 0.2) is 0 Å². The minimum Gasteiger partial charge on any atom is -0.496 e. The van der Waals surface area contributed by atoms with Crippen LogP contribution in [0.1, 0.15) is 19.4 Å². The van der Waals surface area contributed by atoms with Crippen LogP contribution in [0.5, 0.6) is 11.5 Å². The van der Waals surface area contributed by atoms with Crippen molar-refractivity contribution in [2.24, 2.45) is 0 Å². The standard InChI is InChI=1S/C19H20BrNO3/c1-13(2)24-16-8-6-15(7-9-16)21-19(22)11-5-14-4-10-18(23-3)17(20)12-14/h4-13H,1-3H3,(H,21,22)/b11-5+. The quantitative estimate of drug-likeness (QED) is 0.714. The highest BCUT2D eigenvalue weighted by atomic mass is 79.9. The fraction of sp³-hybridized carbons (Fsp3) is 0.211. The fourth-order valence-electron chi connectivity index (χ4n) is 2.03. The SMILES string of the molecule is COc1ccc(/C=C/C(=O)Nc2ccc(OC(C)C)cc2)cc1Br. The molecule has 0 bridgehead atoms. The van der Waals surface area contributed by atoms with Crippen LogP contribution >= 0.6 is 15.9 Å². The molecular formula is C19H20BrNO3. The van der Waals surface area contributed by atoms with Crippen molar-refractivity contribution in [3.05, 3.63) is 58.6 Å². The van der Waals surface area contributed by atoms with Gasteiger partial charge in [0.2, 0.25) is 5.91 Å². The number of halogens is 1. The first-order valence-electron chi connectivity index (χ1n) is 7.57. The molecule has 0 aliphatic heterocycles. The van der Waals surface area contributed by atoms with Crippen molar-refractivity contribution in [3.63, 3.8) is 0 Å². The lowest BCUT2D eigenvalue weighted by molar-refractivity contribution is -0.111. The third-order valence-corrected chi connectivity index (χ3v) is 3.72. The molecule has 126 valence electrons. The highest BCUT2D eigenvalue weighted by Crippen LogP contribution is 2.26. The number of carbonyl (C=O) groups excluding carboxylic acids is 1. The van der Waals surface area contributed by atoms with Gasteiger partial charge in [-0.05, 0) is 77.8 Å². The van der Waals surface area contributed by atoms with Crippen LogP contribution in [0, 0.1) is 0 Å². The zero-order chi connectivity index (χ0) is 17.5. The largest absolute Gasteiger partial charge is 0.496 e. The molecule has 0 spiro atoms. The molecule has 0 radical (unpaired) electrons. The maximum absolute atomic E-state index is 12.0. The number of nitrogens with one attached hydrogen (secondary N) is 1. The molecule has 0 heterocycles. The number of amides is 1. The predicted octanol–water partition coefficient (Wildman–Crippen LogP) is 4.90. The maximum Gasteiger partial charge on any atom is 0.248 e. The maximum atomic E-state index is 12.0. The predicted molar refractivity (Wildman–Crippen MR) is 101 cm³/mol. The summed E-state index contributed by atoms with van der Waals surface area (Å²) < 4.78 is 11.6. The first-order chi connectivity index (χ1) is 11.5. The second-order valence-electron chi connectivity index (χ2n) is 5.41. The molecule has 1 N–H and O–H groups in total. The van der Waals surface area contributed by atoms with Crippen LogP contribution in [0.15, 0.2) is 53.0 Å². The van der Waals surface area contributed by atoms with Gasteiger partial charge >= 0.3 is 0 Å². The van der Waals surface area contributed by atoms with E-state index in [9.17, 15) is 4.79 Å². The monoisotopic (exact) mass is 389 g/mol. The molecule has 2 rings (SSSR count). The van der Waals surface area contributed by atoms with Crippen molar-refractivity contribution in [2.45, 2.75) is 20.0 Å². The zero-order valence-corrected chi connectivity index (χ0v) is 15.5. The highest BCUT2D eigenvalue weighted by Gasteiger charge is 2.02. The van der Waals surface area contributed by atoms with E-state index in [-0.39, 0.29) is 12.0 Å². The first kappa shape index (κ1) is 18.1. The number of carbonyl (C=O) groups is 1. The zero-order valence-electron chi connectivity index (χ0n) is 13.9. The van der Waals surface area contributed by atoms with Crippen LogP contribution < -0.4 is 14.8 Å². The first-order valence-corrected chi connectivity index (χ1v) is 8.36. The number of rotatable bonds is 6. The van der Waals surface area contributed by atoms with Crippen molar-refractivity contribution < 1.29 is 14.3 Å². The summed E-state index contributed by atoms with van der Waals surface area (Å²) in [4.78, 5) is 12.0. The molecule has 1 amide bonds. The van der Waals surface area contributed by atoms with Crippen LogP contribution in [0.3, 0.4) is 0 Å². The molecule has 0 saturated heterocycles. The number of anilines is 1. The van der Waals surface area contributed by atoms with E-state index in [2.05, 4.69) is 21.2 Å². The third kappa shape index (κ3) is 5.42. The van der Waals surface area contributed by atoms with Gasteiger partial charge in [-0.25, -0.2) is 0 Å². The molecule has 4 nitrogen and oxygen atoms in total. The Bertz CT molecular complexity index is 724. The van der Waals surface area contributed by atoms with Crippen LogP contribution in [-0.4, -0.2) is 19.1 Å². The summed E-state index contributed by atoms with van der Waals surface area (Å²) in [5, 5.41) is 2.81. The molecule has 0 unspecified atom stereocenters. The van der Waals surface area contributed by atoms with Gasteiger partial charge in [0.25, 0.3) is 0 Å². The fourth-order valence-corrected chi connectivity index (χ4v) is 2.59. The molecule has 0 aromatic heterocycles. The Balaban J connectivity index is 1.96. The molecule has 0 aliphatic rings. The molecular weight excluding hydrogens is 370 g/mol. The van der Waals surface area contributed by atoms with Gasteiger partial charge in [-0.2, -0.15) is 0 Å². The molecule has 0 aliphatic carbocycles. The lowest BCUT2D eigenvalue weighted by Crippen LogP contribution is -2.08. The van der Waals surface area contributed by atoms with E-state index < -0.39 is 0 Å². The van der Waals surface area contributed by atoms with Crippen molar-refractivity contribution in [1.82, 2.24) is 0 Å². The second kappa shape index (κ2) is 8.55. The van der Waals surface area contributed by atoms with Gasteiger partial charge in [-0.3, -0.25) is 4.79 Å². The molecule has 2 aromatic rings. The second-order valence-corrected chi connectivity index (χ2v) is 6.26. The molecule has 2 aromatic carbocycles. The summed E-state index contributed by atoms with van der Waals surface area (Å²) >= 11 is 3.42. The minimum absolute atomic E-state index is 0.122. The summed E-state index contributed by atoms with van der Waals surface area (Å²) in [5.41, 5.74) is 1.62. The number of hydrogen-bond donors (Lipinski definition) is 1. The van der Waals surface area contributed by atoms with Crippen LogP contribution in [-0.2, 0) is 4.79 Å². The van der Waals surface area contributed by atoms with Gasteiger partial charge in [-0.1, -0.05) is 6.07 Å². The van der Waals surface area contributed by atoms with E-state index in [1.807, 2.05) is 56.3 Å². The average Bonchev–Trinajstić information content (AvgIpc) is 2.54. The smallest absolute Gasteiger partial charge is 0.248 e. The molecule has 0 saturated carbocycles. The Hall–Kier alpha value is -2.27. The van der Waals surface area contributed by atoms with Gasteiger partial charge in [0.1, 0.15) is 11.5 Å². The van der Waals surface area contributed by atoms with E-state index in [1.165, 1.54) is 6.08 Å². The van der Waals surface area contributed by atoms with Crippen LogP contribution in [0.4, 0.5) is 5.69 Å². The summed E-state index contributed by atoms with van der Waals surface area (Å²) in [6, 6.07) is 12.9. The highest BCUT2D eigenvalue weighted by molar-refractivity contribution is 9.10. The third-order valence-electron chi connectivity index (χ3n) is 3.10. The van der Waals surface area contributed by atoms with Crippen molar-refractivity contribution in [2.75, 3.05) is 12.4 Å². The Morgan fingerprint density at radius 1 is 1.17 bits per heavy atom. The Morgan fingerprint density at radius 2 is 1.88 bits per heavy atom. The van der Waals surface area contributed by atoms with Crippen LogP contribution in [0.25, 0.3) is 6.08 Å². The number of benzene rings is 2. The van der Waals surface area contributed by atoms with Crippen molar-refractivity contribution >= 4 is 33.6 Å². The summed E-state index contributed by atoms with van der Waals surface area (Å²) in [6.07, 6.45) is 3.36. The molecule has 24 heavy (non-hydrogen) atoms. The topological polar surface area (TPSA) is 47.6 Å². The minimum atomic E-state index is -0.195. The van der Waals surface area contributed by atoms with Gasteiger partial charge < -0.3 is 14.8 Å². The van der Waals surface area contributed by atoms with Gasteiger partial charge in [0, 0.05) is 11.8 Å². The van der Waals surface area contributed by atoms with E-state index in [0.29, 0.717) is 0 Å². The average molecular weight is 390 g/mol. The van der Waals surface area contributed by atoms with Crippen molar-refractivity contribution in [3.8, 4) is 11.5 Å². The van der Waals surface area contributed by atoms with E-state index >= 15 is 0 Å². The van der Waals surface area contributed by atoms with E-state index in [1.54, 1.807) is 13.2 Å². The molecule has 5 heteroatoms. The molecule has 0 fully saturated rings. The normalized spacial score (nSPS) is 10.9. The Morgan fingerprint density at radius 3 is 2.46 bits per heavy atom. The van der Waals surface area contributed by atoms with Crippen LogP contribution in [0.2, 0.25) is 0 Å². The van der Waals surface area contributed by atoms with Gasteiger partial charge in [-0.15, -0.1) is 0 Å². The lowest BCUT2D eigenvalue weighted by Gasteiger charge is -2.10. The number of methoxy groups -OCH3 is 1. The summed E-state index contributed by atoms with van der Waals surface area (Å²) in [5.74, 6) is 1.33. The number of hydrogen-bond acceptors (Lipinski definition) is 3. The molecule has 0 atom stereocenters. The van der Waals surface area contributed by atoms with Gasteiger partial charge in [0.05, 0.1) is 17.7 Å². The van der Waals surface area contributed by atoms with Crippen molar-refractivity contribution in [1.29, 1.82) is 0 Å². The summed E-state index contributed by atoms with van der Waals surface area (Å²) in [6.45, 7) is 3.94. The van der Waals surface area contributed by atoms with E-state index in [0.717, 1.165) is 27.2 Å². The number of ether oxygens (including phenoxy) is 2. The lowest BCUT2D eigenvalue weighted by atomic mass is 10.2.